The van der Waals surface area contributed by atoms with Crippen LogP contribution in [0.2, 0.25) is 0 Å². The van der Waals surface area contributed by atoms with Crippen LogP contribution in [-0.4, -0.2) is 94.2 Å². The van der Waals surface area contributed by atoms with Gasteiger partial charge in [-0.05, 0) is 52.5 Å². The van der Waals surface area contributed by atoms with Gasteiger partial charge in [0.2, 0.25) is 35.4 Å². The lowest BCUT2D eigenvalue weighted by Crippen LogP contribution is -2.57. The summed E-state index contributed by atoms with van der Waals surface area (Å²) in [5.41, 5.74) is 0.738. The van der Waals surface area contributed by atoms with E-state index in [4.69, 9.17) is 0 Å². The molecule has 0 bridgehead atoms. The fourth-order valence-electron chi connectivity index (χ4n) is 6.41. The predicted molar refractivity (Wildman–Crippen MR) is 206 cm³/mol. The van der Waals surface area contributed by atoms with Crippen LogP contribution >= 0.6 is 0 Å². The highest BCUT2D eigenvalue weighted by Gasteiger charge is 2.38. The largest absolute Gasteiger partial charge is 0.480 e. The van der Waals surface area contributed by atoms with Crippen LogP contribution in [-0.2, 0) is 40.0 Å². The lowest BCUT2D eigenvalue weighted by molar-refractivity contribution is -0.144. The van der Waals surface area contributed by atoms with E-state index in [0.29, 0.717) is 19.3 Å². The molecule has 6 N–H and O–H groups in total. The standard InChI is InChI=1S/C40H64N6O8/c1-6-7-8-9-10-11-12-13-14-15-19-24-34(47)41-27(2)35(48)42-28(3)36(49)43-29(4)37(50)44-30(5)39(52)46-25-20-23-33(46)38(51)45-32(40(53)54)26-31-21-17-16-18-22-31/h16-18,21-22,27-30,32-33H,6-15,19-20,23-26H2,1-5H3,(H,41,47)(H,42,48)(H,43,49)(H,44,50)(H,45,51)(H,53,54)/t27-,28-,29-,30-,32-,33-/m0/s1. The average molecular weight is 757 g/mol. The van der Waals surface area contributed by atoms with Gasteiger partial charge in [-0.2, -0.15) is 0 Å². The van der Waals surface area contributed by atoms with Gasteiger partial charge in [0, 0.05) is 19.4 Å². The molecule has 0 saturated carbocycles. The number of hydrogen-bond acceptors (Lipinski definition) is 7. The van der Waals surface area contributed by atoms with E-state index in [0.717, 1.165) is 24.8 Å². The number of likely N-dealkylation sites (tertiary alicyclic amines) is 1. The Bertz CT molecular complexity index is 1380. The van der Waals surface area contributed by atoms with Gasteiger partial charge in [-0.1, -0.05) is 101 Å². The van der Waals surface area contributed by atoms with E-state index in [1.54, 1.807) is 30.3 Å². The van der Waals surface area contributed by atoms with Gasteiger partial charge in [0.1, 0.15) is 36.3 Å². The molecule has 54 heavy (non-hydrogen) atoms. The molecule has 1 aromatic rings. The van der Waals surface area contributed by atoms with Gasteiger partial charge in [0.15, 0.2) is 0 Å². The molecule has 6 amide bonds. The molecule has 1 saturated heterocycles. The van der Waals surface area contributed by atoms with Gasteiger partial charge in [-0.3, -0.25) is 28.8 Å². The zero-order valence-electron chi connectivity index (χ0n) is 32.9. The highest BCUT2D eigenvalue weighted by atomic mass is 16.4. The number of carboxylic acids is 1. The van der Waals surface area contributed by atoms with E-state index in [9.17, 15) is 38.7 Å². The van der Waals surface area contributed by atoms with Crippen molar-refractivity contribution in [1.29, 1.82) is 0 Å². The van der Waals surface area contributed by atoms with E-state index >= 15 is 0 Å². The first-order chi connectivity index (χ1) is 25.7. The van der Waals surface area contributed by atoms with Gasteiger partial charge in [0.05, 0.1) is 0 Å². The van der Waals surface area contributed by atoms with E-state index < -0.39 is 71.8 Å². The van der Waals surface area contributed by atoms with Crippen LogP contribution in [0.3, 0.4) is 0 Å². The summed E-state index contributed by atoms with van der Waals surface area (Å²) >= 11 is 0. The molecule has 1 fully saturated rings. The molecule has 6 atom stereocenters. The Morgan fingerprint density at radius 1 is 0.667 bits per heavy atom. The number of carbonyl (C=O) groups is 7. The maximum Gasteiger partial charge on any atom is 0.326 e. The number of rotatable bonds is 25. The monoisotopic (exact) mass is 756 g/mol. The first kappa shape index (κ1) is 45.7. The molecule has 302 valence electrons. The smallest absolute Gasteiger partial charge is 0.326 e. The molecule has 1 aromatic carbocycles. The quantitative estimate of drug-likeness (QED) is 0.0814. The summed E-state index contributed by atoms with van der Waals surface area (Å²) in [5, 5.41) is 22.6. The Labute approximate surface area is 320 Å². The summed E-state index contributed by atoms with van der Waals surface area (Å²) in [4.78, 5) is 90.5. The number of amides is 6. The van der Waals surface area contributed by atoms with Crippen LogP contribution in [0.1, 0.15) is 130 Å². The van der Waals surface area contributed by atoms with Crippen LogP contribution in [0.5, 0.6) is 0 Å². The van der Waals surface area contributed by atoms with Crippen molar-refractivity contribution < 1.29 is 38.7 Å². The summed E-state index contributed by atoms with van der Waals surface area (Å²) in [6.45, 7) is 8.37. The van der Waals surface area contributed by atoms with Crippen molar-refractivity contribution in [3.8, 4) is 0 Å². The molecule has 0 aromatic heterocycles. The van der Waals surface area contributed by atoms with Crippen LogP contribution in [0.25, 0.3) is 0 Å². The zero-order chi connectivity index (χ0) is 40.0. The van der Waals surface area contributed by atoms with Gasteiger partial charge in [-0.15, -0.1) is 0 Å². The van der Waals surface area contributed by atoms with Crippen molar-refractivity contribution in [2.45, 2.75) is 167 Å². The number of hydrogen-bond donors (Lipinski definition) is 6. The summed E-state index contributed by atoms with van der Waals surface area (Å²) in [5.74, 6) is -4.36. The number of nitrogens with zero attached hydrogens (tertiary/aromatic N) is 1. The van der Waals surface area contributed by atoms with E-state index in [2.05, 4.69) is 33.5 Å². The number of carbonyl (C=O) groups excluding carboxylic acids is 6. The Morgan fingerprint density at radius 3 is 1.67 bits per heavy atom. The summed E-state index contributed by atoms with van der Waals surface area (Å²) in [7, 11) is 0. The van der Waals surface area contributed by atoms with Crippen molar-refractivity contribution in [3.05, 3.63) is 35.9 Å². The second-order valence-corrected chi connectivity index (χ2v) is 14.5. The fourth-order valence-corrected chi connectivity index (χ4v) is 6.41. The van der Waals surface area contributed by atoms with E-state index in [-0.39, 0.29) is 18.9 Å². The maximum absolute atomic E-state index is 13.3. The number of aliphatic carboxylic acids is 1. The van der Waals surface area contributed by atoms with Crippen molar-refractivity contribution >= 4 is 41.4 Å². The van der Waals surface area contributed by atoms with Gasteiger partial charge >= 0.3 is 5.97 Å². The lowest BCUT2D eigenvalue weighted by Gasteiger charge is -2.28. The summed E-state index contributed by atoms with van der Waals surface area (Å²) < 4.78 is 0. The molecule has 14 nitrogen and oxygen atoms in total. The van der Waals surface area contributed by atoms with Crippen molar-refractivity contribution in [2.75, 3.05) is 6.54 Å². The average Bonchev–Trinajstić information content (AvgIpc) is 3.63. The SMILES string of the molecule is CCCCCCCCCCCCCC(=O)N[C@@H](C)C(=O)N[C@@H](C)C(=O)N[C@@H](C)C(=O)N[C@@H](C)C(=O)N1CCC[C@H]1C(=O)N[C@@H](Cc1ccccc1)C(=O)O. The third kappa shape index (κ3) is 16.7. The molecule has 0 radical (unpaired) electrons. The second-order valence-electron chi connectivity index (χ2n) is 14.5. The zero-order valence-corrected chi connectivity index (χ0v) is 32.9. The van der Waals surface area contributed by atoms with Gasteiger partial charge in [0.25, 0.3) is 0 Å². The Kier molecular flexibility index (Phi) is 20.9. The third-order valence-corrected chi connectivity index (χ3v) is 9.75. The topological polar surface area (TPSA) is 203 Å². The number of unbranched alkanes of at least 4 members (excludes halogenated alkanes) is 10. The molecule has 0 unspecified atom stereocenters. The summed E-state index contributed by atoms with van der Waals surface area (Å²) in [6.07, 6.45) is 14.2. The minimum Gasteiger partial charge on any atom is -0.480 e. The van der Waals surface area contributed by atoms with Crippen LogP contribution < -0.4 is 26.6 Å². The minimum atomic E-state index is -1.19. The van der Waals surface area contributed by atoms with Crippen molar-refractivity contribution in [3.63, 3.8) is 0 Å². The first-order valence-corrected chi connectivity index (χ1v) is 19.8. The highest BCUT2D eigenvalue weighted by molar-refractivity contribution is 5.96. The third-order valence-electron chi connectivity index (χ3n) is 9.75. The van der Waals surface area contributed by atoms with E-state index in [1.165, 1.54) is 84.0 Å². The first-order valence-electron chi connectivity index (χ1n) is 19.8. The van der Waals surface area contributed by atoms with Crippen LogP contribution in [0.15, 0.2) is 30.3 Å². The fraction of sp³-hybridized carbons (Fsp3) is 0.675. The Balaban J connectivity index is 1.72. The number of nitrogens with one attached hydrogen (secondary N) is 5. The molecule has 0 aliphatic carbocycles. The molecular weight excluding hydrogens is 692 g/mol. The normalized spacial score (nSPS) is 16.6. The maximum atomic E-state index is 13.3. The Morgan fingerprint density at radius 2 is 1.15 bits per heavy atom. The molecule has 1 heterocycles. The molecular formula is C40H64N6O8. The van der Waals surface area contributed by atoms with Crippen LogP contribution in [0.4, 0.5) is 0 Å². The highest BCUT2D eigenvalue weighted by Crippen LogP contribution is 2.19. The van der Waals surface area contributed by atoms with E-state index in [1.807, 2.05) is 0 Å². The number of benzene rings is 1. The molecule has 1 aliphatic heterocycles. The predicted octanol–water partition coefficient (Wildman–Crippen LogP) is 3.51. The minimum absolute atomic E-state index is 0.0794. The molecule has 1 aliphatic rings. The Hall–Kier alpha value is -4.49. The summed E-state index contributed by atoms with van der Waals surface area (Å²) in [6, 6.07) is 2.82. The molecule has 2 rings (SSSR count). The van der Waals surface area contributed by atoms with Crippen molar-refractivity contribution in [1.82, 2.24) is 31.5 Å². The van der Waals surface area contributed by atoms with Crippen molar-refractivity contribution in [2.24, 2.45) is 0 Å². The van der Waals surface area contributed by atoms with Gasteiger partial charge in [-0.25, -0.2) is 4.79 Å². The van der Waals surface area contributed by atoms with Crippen LogP contribution in [0, 0.1) is 0 Å². The van der Waals surface area contributed by atoms with Gasteiger partial charge < -0.3 is 36.6 Å². The second kappa shape index (κ2) is 24.8. The number of carboxylic acid groups (broad SMARTS) is 1. The molecule has 0 spiro atoms. The molecule has 14 heteroatoms. The lowest BCUT2D eigenvalue weighted by atomic mass is 10.1.